The van der Waals surface area contributed by atoms with Gasteiger partial charge in [-0.05, 0) is 60.4 Å². The molecule has 1 unspecified atom stereocenters. The number of nitrogens with zero attached hydrogens (tertiary/aromatic N) is 1. The van der Waals surface area contributed by atoms with Crippen molar-refractivity contribution in [2.24, 2.45) is 5.92 Å². The average Bonchev–Trinajstić information content (AvgIpc) is 2.71. The van der Waals surface area contributed by atoms with Crippen LogP contribution in [0.25, 0.3) is 0 Å². The van der Waals surface area contributed by atoms with E-state index >= 15 is 0 Å². The molecule has 0 spiro atoms. The largest absolute Gasteiger partial charge is 0.465 e. The summed E-state index contributed by atoms with van der Waals surface area (Å²) in [5.41, 5.74) is 1.60. The molecule has 0 saturated heterocycles. The van der Waals surface area contributed by atoms with Gasteiger partial charge in [-0.1, -0.05) is 12.6 Å². The second kappa shape index (κ2) is 8.48. The number of anilines is 3. The summed E-state index contributed by atoms with van der Waals surface area (Å²) < 4.78 is 38.8. The van der Waals surface area contributed by atoms with E-state index < -0.39 is 17.8 Å². The molecule has 0 aliphatic carbocycles. The van der Waals surface area contributed by atoms with Gasteiger partial charge in [0.25, 0.3) is 0 Å². The Morgan fingerprint density at radius 3 is 2.50 bits per heavy atom. The first-order chi connectivity index (χ1) is 14.2. The molecule has 2 aromatic rings. The molecule has 0 fully saturated rings. The Morgan fingerprint density at radius 1 is 1.20 bits per heavy atom. The second-order valence-electron chi connectivity index (χ2n) is 6.91. The SMILES string of the molecule is C=CC(=O)NCC1Cc2c(NC(=O)O)cccc2N(c2ccc(C(F)(F)F)cc2)C1. The van der Waals surface area contributed by atoms with E-state index in [4.69, 9.17) is 5.11 Å². The van der Waals surface area contributed by atoms with Crippen LogP contribution in [-0.2, 0) is 17.4 Å². The van der Waals surface area contributed by atoms with E-state index in [0.29, 0.717) is 42.1 Å². The zero-order chi connectivity index (χ0) is 21.9. The first-order valence-electron chi connectivity index (χ1n) is 9.16. The van der Waals surface area contributed by atoms with Crippen LogP contribution in [0.4, 0.5) is 35.0 Å². The van der Waals surface area contributed by atoms with Gasteiger partial charge in [-0.3, -0.25) is 10.1 Å². The number of carboxylic acid groups (broad SMARTS) is 1. The first kappa shape index (κ1) is 21.2. The number of carbonyl (C=O) groups excluding carboxylic acids is 1. The van der Waals surface area contributed by atoms with Crippen LogP contribution < -0.4 is 15.5 Å². The predicted octanol–water partition coefficient (Wildman–Crippen LogP) is 4.41. The maximum Gasteiger partial charge on any atom is 0.416 e. The monoisotopic (exact) mass is 419 g/mol. The van der Waals surface area contributed by atoms with E-state index in [9.17, 15) is 22.8 Å². The second-order valence-corrected chi connectivity index (χ2v) is 6.91. The zero-order valence-corrected chi connectivity index (χ0v) is 15.9. The van der Waals surface area contributed by atoms with Crippen molar-refractivity contribution in [3.63, 3.8) is 0 Å². The van der Waals surface area contributed by atoms with E-state index in [1.54, 1.807) is 18.2 Å². The summed E-state index contributed by atoms with van der Waals surface area (Å²) in [7, 11) is 0. The van der Waals surface area contributed by atoms with Gasteiger partial charge in [0, 0.05) is 30.2 Å². The summed E-state index contributed by atoms with van der Waals surface area (Å²) in [4.78, 5) is 24.6. The first-order valence-corrected chi connectivity index (χ1v) is 9.16. The van der Waals surface area contributed by atoms with Crippen LogP contribution >= 0.6 is 0 Å². The van der Waals surface area contributed by atoms with Crippen molar-refractivity contribution in [1.29, 1.82) is 0 Å². The molecule has 0 bridgehead atoms. The van der Waals surface area contributed by atoms with Gasteiger partial charge < -0.3 is 15.3 Å². The quantitative estimate of drug-likeness (QED) is 0.627. The lowest BCUT2D eigenvalue weighted by Gasteiger charge is -2.37. The van der Waals surface area contributed by atoms with Crippen LogP contribution in [0, 0.1) is 5.92 Å². The fraction of sp³-hybridized carbons (Fsp3) is 0.238. The minimum absolute atomic E-state index is 0.0968. The highest BCUT2D eigenvalue weighted by Crippen LogP contribution is 2.40. The minimum Gasteiger partial charge on any atom is -0.465 e. The number of hydrogen-bond acceptors (Lipinski definition) is 3. The zero-order valence-electron chi connectivity index (χ0n) is 15.9. The van der Waals surface area contributed by atoms with Crippen LogP contribution in [0.1, 0.15) is 11.1 Å². The average molecular weight is 419 g/mol. The molecule has 1 aliphatic heterocycles. The Hall–Kier alpha value is -3.49. The summed E-state index contributed by atoms with van der Waals surface area (Å²) in [6, 6.07) is 9.89. The molecule has 0 radical (unpaired) electrons. The van der Waals surface area contributed by atoms with Crippen LogP contribution in [-0.4, -0.2) is 30.2 Å². The fourth-order valence-electron chi connectivity index (χ4n) is 3.51. The third-order valence-corrected chi connectivity index (χ3v) is 4.87. The number of benzene rings is 2. The van der Waals surface area contributed by atoms with Crippen molar-refractivity contribution in [2.75, 3.05) is 23.3 Å². The van der Waals surface area contributed by atoms with Crippen molar-refractivity contribution in [1.82, 2.24) is 5.32 Å². The summed E-state index contributed by atoms with van der Waals surface area (Å²) in [5, 5.41) is 14.2. The van der Waals surface area contributed by atoms with Crippen molar-refractivity contribution in [3.8, 4) is 0 Å². The number of rotatable bonds is 5. The van der Waals surface area contributed by atoms with Gasteiger partial charge in [0.2, 0.25) is 5.91 Å². The number of nitrogens with one attached hydrogen (secondary N) is 2. The van der Waals surface area contributed by atoms with Gasteiger partial charge in [-0.2, -0.15) is 13.2 Å². The standard InChI is InChI=1S/C21H20F3N3O3/c1-2-19(28)25-11-13-10-16-17(26-20(29)30)4-3-5-18(16)27(12-13)15-8-6-14(7-9-15)21(22,23)24/h2-9,13,26H,1,10-12H2,(H,25,28)(H,29,30). The number of amides is 2. The Balaban J connectivity index is 1.98. The summed E-state index contributed by atoms with van der Waals surface area (Å²) in [5.74, 6) is -0.431. The summed E-state index contributed by atoms with van der Waals surface area (Å²) in [6.45, 7) is 4.15. The van der Waals surface area contributed by atoms with Crippen LogP contribution in [0.3, 0.4) is 0 Å². The number of halogens is 3. The highest BCUT2D eigenvalue weighted by molar-refractivity contribution is 5.88. The van der Waals surface area contributed by atoms with E-state index in [2.05, 4.69) is 17.2 Å². The molecule has 9 heteroatoms. The number of fused-ring (bicyclic) bond motifs is 1. The molecular formula is C21H20F3N3O3. The van der Waals surface area contributed by atoms with Crippen molar-refractivity contribution >= 4 is 29.1 Å². The fourth-order valence-corrected chi connectivity index (χ4v) is 3.51. The summed E-state index contributed by atoms with van der Waals surface area (Å²) >= 11 is 0. The van der Waals surface area contributed by atoms with E-state index in [1.807, 2.05) is 4.90 Å². The molecule has 3 N–H and O–H groups in total. The minimum atomic E-state index is -4.44. The Kier molecular flexibility index (Phi) is 6.00. The lowest BCUT2D eigenvalue weighted by atomic mass is 9.90. The molecule has 1 heterocycles. The molecule has 2 aromatic carbocycles. The Labute approximate surface area is 171 Å². The third-order valence-electron chi connectivity index (χ3n) is 4.87. The Bertz CT molecular complexity index is 958. The van der Waals surface area contributed by atoms with Gasteiger partial charge >= 0.3 is 12.3 Å². The van der Waals surface area contributed by atoms with Gasteiger partial charge in [0.1, 0.15) is 0 Å². The maximum atomic E-state index is 12.9. The van der Waals surface area contributed by atoms with Gasteiger partial charge in [0.15, 0.2) is 0 Å². The normalized spacial score (nSPS) is 15.8. The van der Waals surface area contributed by atoms with Crippen molar-refractivity contribution in [2.45, 2.75) is 12.6 Å². The molecular weight excluding hydrogens is 399 g/mol. The molecule has 1 aliphatic rings. The maximum absolute atomic E-state index is 12.9. The number of hydrogen-bond donors (Lipinski definition) is 3. The van der Waals surface area contributed by atoms with E-state index in [-0.39, 0.29) is 11.8 Å². The summed E-state index contributed by atoms with van der Waals surface area (Å²) in [6.07, 6.45) is -4.01. The predicted molar refractivity (Wildman–Crippen MR) is 107 cm³/mol. The lowest BCUT2D eigenvalue weighted by molar-refractivity contribution is -0.137. The Morgan fingerprint density at radius 2 is 1.90 bits per heavy atom. The molecule has 0 saturated carbocycles. The molecule has 1 atom stereocenters. The molecule has 30 heavy (non-hydrogen) atoms. The third kappa shape index (κ3) is 4.73. The van der Waals surface area contributed by atoms with Crippen molar-refractivity contribution in [3.05, 3.63) is 66.2 Å². The van der Waals surface area contributed by atoms with Crippen LogP contribution in [0.5, 0.6) is 0 Å². The van der Waals surface area contributed by atoms with E-state index in [1.165, 1.54) is 12.1 Å². The van der Waals surface area contributed by atoms with Gasteiger partial charge in [-0.25, -0.2) is 4.79 Å². The molecule has 0 aromatic heterocycles. The van der Waals surface area contributed by atoms with Crippen molar-refractivity contribution < 1.29 is 27.9 Å². The van der Waals surface area contributed by atoms with Gasteiger partial charge in [-0.15, -0.1) is 0 Å². The van der Waals surface area contributed by atoms with Crippen LogP contribution in [0.2, 0.25) is 0 Å². The highest BCUT2D eigenvalue weighted by atomic mass is 19.4. The smallest absolute Gasteiger partial charge is 0.416 e. The number of alkyl halides is 3. The highest BCUT2D eigenvalue weighted by Gasteiger charge is 2.31. The molecule has 158 valence electrons. The molecule has 3 rings (SSSR count). The van der Waals surface area contributed by atoms with E-state index in [0.717, 1.165) is 18.2 Å². The molecule has 2 amide bonds. The topological polar surface area (TPSA) is 81.7 Å². The van der Waals surface area contributed by atoms with Crippen LogP contribution in [0.15, 0.2) is 55.1 Å². The van der Waals surface area contributed by atoms with Gasteiger partial charge in [0.05, 0.1) is 5.56 Å². The number of carbonyl (C=O) groups is 2. The lowest BCUT2D eigenvalue weighted by Crippen LogP contribution is -2.39. The molecule has 6 nitrogen and oxygen atoms in total.